The summed E-state index contributed by atoms with van der Waals surface area (Å²) >= 11 is 0. The molecule has 48 heavy (non-hydrogen) atoms. The molecule has 0 atom stereocenters. The van der Waals surface area contributed by atoms with Crippen molar-refractivity contribution >= 4 is 11.9 Å². The summed E-state index contributed by atoms with van der Waals surface area (Å²) in [5, 5.41) is 22.1. The predicted molar refractivity (Wildman–Crippen MR) is 209 cm³/mol. The maximum Gasteiger partial charge on any atom is 0.311 e. The average molecular weight is 671 g/mol. The molecule has 0 aromatic heterocycles. The normalized spacial score (nSPS) is 14.8. The van der Waals surface area contributed by atoms with Gasteiger partial charge in [0.2, 0.25) is 0 Å². The first kappa shape index (κ1) is 45.9. The molecule has 0 radical (unpaired) electrons. The molecule has 0 heterocycles. The highest BCUT2D eigenvalue weighted by molar-refractivity contribution is 5.87. The number of hydrogen-bond donors (Lipinski definition) is 2. The SMILES string of the molecule is CCCCCCCC=CCC(CC=CCCCCCCC)(C(=O)O)C(CC=CCCCCCCC)(CC=CCCCCCCC)C(=O)O. The zero-order valence-corrected chi connectivity index (χ0v) is 32.1. The average Bonchev–Trinajstić information content (AvgIpc) is 3.07. The van der Waals surface area contributed by atoms with E-state index < -0.39 is 22.8 Å². The molecule has 0 unspecified atom stereocenters. The van der Waals surface area contributed by atoms with Gasteiger partial charge in [-0.2, -0.15) is 0 Å². The number of carbonyl (C=O) groups is 2. The van der Waals surface area contributed by atoms with E-state index in [0.717, 1.165) is 51.4 Å². The summed E-state index contributed by atoms with van der Waals surface area (Å²) in [6.07, 6.45) is 44.6. The Morgan fingerprint density at radius 2 is 0.562 bits per heavy atom. The van der Waals surface area contributed by atoms with Gasteiger partial charge in [0.25, 0.3) is 0 Å². The van der Waals surface area contributed by atoms with Gasteiger partial charge in [-0.25, -0.2) is 0 Å². The molecule has 4 heteroatoms. The minimum absolute atomic E-state index is 0.222. The molecule has 0 aliphatic rings. The minimum Gasteiger partial charge on any atom is -0.481 e. The van der Waals surface area contributed by atoms with Crippen LogP contribution in [0.25, 0.3) is 0 Å². The number of carboxylic acids is 2. The van der Waals surface area contributed by atoms with Gasteiger partial charge >= 0.3 is 11.9 Å². The highest BCUT2D eigenvalue weighted by Gasteiger charge is 2.59. The van der Waals surface area contributed by atoms with E-state index in [1.165, 1.54) is 103 Å². The topological polar surface area (TPSA) is 74.6 Å². The lowest BCUT2D eigenvalue weighted by atomic mass is 9.56. The van der Waals surface area contributed by atoms with Gasteiger partial charge in [0.05, 0.1) is 10.8 Å². The Morgan fingerprint density at radius 3 is 0.750 bits per heavy atom. The van der Waals surface area contributed by atoms with Gasteiger partial charge in [-0.1, -0.05) is 179 Å². The molecule has 0 fully saturated rings. The van der Waals surface area contributed by atoms with Crippen molar-refractivity contribution in [2.45, 2.75) is 207 Å². The maximum absolute atomic E-state index is 13.5. The fourth-order valence-corrected chi connectivity index (χ4v) is 6.78. The molecule has 278 valence electrons. The molecule has 0 aromatic rings. The second kappa shape index (κ2) is 32.1. The molecule has 2 N–H and O–H groups in total. The molecule has 0 rings (SSSR count). The molecule has 0 amide bonds. The number of rotatable bonds is 35. The summed E-state index contributed by atoms with van der Waals surface area (Å²) in [6, 6.07) is 0. The zero-order valence-electron chi connectivity index (χ0n) is 32.1. The third-order valence-electron chi connectivity index (χ3n) is 10.2. The molecule has 0 aliphatic carbocycles. The first-order chi connectivity index (χ1) is 23.4. The number of aliphatic carboxylic acids is 2. The van der Waals surface area contributed by atoms with Gasteiger partial charge in [-0.3, -0.25) is 9.59 Å². The number of carboxylic acid groups (broad SMARTS) is 2. The summed E-state index contributed by atoms with van der Waals surface area (Å²) in [5.74, 6) is -1.99. The summed E-state index contributed by atoms with van der Waals surface area (Å²) in [4.78, 5) is 27.1. The van der Waals surface area contributed by atoms with Crippen molar-refractivity contribution in [2.75, 3.05) is 0 Å². The highest BCUT2D eigenvalue weighted by Crippen LogP contribution is 2.52. The largest absolute Gasteiger partial charge is 0.481 e. The molecule has 0 saturated carbocycles. The van der Waals surface area contributed by atoms with Crippen molar-refractivity contribution < 1.29 is 19.8 Å². The Morgan fingerprint density at radius 1 is 0.354 bits per heavy atom. The van der Waals surface area contributed by atoms with Crippen LogP contribution in [-0.4, -0.2) is 22.2 Å². The molecule has 0 spiro atoms. The van der Waals surface area contributed by atoms with E-state index in [1.807, 2.05) is 24.3 Å². The lowest BCUT2D eigenvalue weighted by Crippen LogP contribution is -2.52. The van der Waals surface area contributed by atoms with Crippen molar-refractivity contribution in [1.82, 2.24) is 0 Å². The summed E-state index contributed by atoms with van der Waals surface area (Å²) in [7, 11) is 0. The van der Waals surface area contributed by atoms with Gasteiger partial charge in [-0.15, -0.1) is 0 Å². The van der Waals surface area contributed by atoms with Crippen molar-refractivity contribution in [3.8, 4) is 0 Å². The molecule has 0 bridgehead atoms. The third kappa shape index (κ3) is 20.4. The highest BCUT2D eigenvalue weighted by atomic mass is 16.4. The summed E-state index contributed by atoms with van der Waals surface area (Å²) < 4.78 is 0. The first-order valence-corrected chi connectivity index (χ1v) is 20.4. The molecular formula is C44H78O4. The van der Waals surface area contributed by atoms with Crippen LogP contribution in [0.15, 0.2) is 48.6 Å². The smallest absolute Gasteiger partial charge is 0.311 e. The van der Waals surface area contributed by atoms with Crippen molar-refractivity contribution in [3.05, 3.63) is 48.6 Å². The molecule has 0 aromatic carbocycles. The molecule has 0 aliphatic heterocycles. The van der Waals surface area contributed by atoms with Gasteiger partial charge in [0.15, 0.2) is 0 Å². The van der Waals surface area contributed by atoms with E-state index in [-0.39, 0.29) is 25.7 Å². The Hall–Kier alpha value is -2.10. The Kier molecular flexibility index (Phi) is 30.7. The van der Waals surface area contributed by atoms with Crippen molar-refractivity contribution in [3.63, 3.8) is 0 Å². The zero-order chi connectivity index (χ0) is 35.6. The fraction of sp³-hybridized carbons (Fsp3) is 0.773. The van der Waals surface area contributed by atoms with Crippen LogP contribution in [0, 0.1) is 10.8 Å². The first-order valence-electron chi connectivity index (χ1n) is 20.4. The van der Waals surface area contributed by atoms with Gasteiger partial charge < -0.3 is 10.2 Å². The van der Waals surface area contributed by atoms with Crippen LogP contribution in [0.1, 0.15) is 207 Å². The third-order valence-corrected chi connectivity index (χ3v) is 10.2. The van der Waals surface area contributed by atoms with Crippen molar-refractivity contribution in [1.29, 1.82) is 0 Å². The fourth-order valence-electron chi connectivity index (χ4n) is 6.78. The predicted octanol–water partition coefficient (Wildman–Crippen LogP) is 14.4. The standard InChI is InChI=1S/C44H78O4/c1-5-9-13-17-21-25-29-33-37-43(41(45)46,38-34-30-26-22-18-14-10-6-2)44(42(47)48,39-35-31-27-23-19-15-11-7-3)40-36-32-28-24-20-16-12-8-4/h29-36H,5-28,37-40H2,1-4H3,(H,45,46)(H,47,48). The minimum atomic E-state index is -1.45. The Bertz CT molecular complexity index is 756. The van der Waals surface area contributed by atoms with Gasteiger partial charge in [-0.05, 0) is 77.0 Å². The van der Waals surface area contributed by atoms with Crippen LogP contribution in [0.5, 0.6) is 0 Å². The van der Waals surface area contributed by atoms with E-state index in [4.69, 9.17) is 0 Å². The van der Waals surface area contributed by atoms with Crippen LogP contribution in [0.3, 0.4) is 0 Å². The van der Waals surface area contributed by atoms with Crippen LogP contribution in [0.2, 0.25) is 0 Å². The van der Waals surface area contributed by atoms with E-state index in [2.05, 4.69) is 52.0 Å². The van der Waals surface area contributed by atoms with Crippen LogP contribution < -0.4 is 0 Å². The van der Waals surface area contributed by atoms with Gasteiger partial charge in [0.1, 0.15) is 0 Å². The van der Waals surface area contributed by atoms with Crippen LogP contribution in [0.4, 0.5) is 0 Å². The number of hydrogen-bond acceptors (Lipinski definition) is 2. The lowest BCUT2D eigenvalue weighted by Gasteiger charge is -2.44. The molecule has 4 nitrogen and oxygen atoms in total. The Labute approximate surface area is 298 Å². The van der Waals surface area contributed by atoms with E-state index in [9.17, 15) is 19.8 Å². The monoisotopic (exact) mass is 671 g/mol. The maximum atomic E-state index is 13.5. The number of allylic oxidation sites excluding steroid dienone is 8. The molecule has 0 saturated heterocycles. The van der Waals surface area contributed by atoms with E-state index in [1.54, 1.807) is 0 Å². The Balaban J connectivity index is 6.32. The second-order valence-electron chi connectivity index (χ2n) is 14.3. The van der Waals surface area contributed by atoms with Crippen LogP contribution in [-0.2, 0) is 9.59 Å². The molecular weight excluding hydrogens is 592 g/mol. The van der Waals surface area contributed by atoms with Crippen LogP contribution >= 0.6 is 0 Å². The second-order valence-corrected chi connectivity index (χ2v) is 14.3. The van der Waals surface area contributed by atoms with Crippen molar-refractivity contribution in [2.24, 2.45) is 10.8 Å². The van der Waals surface area contributed by atoms with E-state index >= 15 is 0 Å². The lowest BCUT2D eigenvalue weighted by molar-refractivity contribution is -0.174. The quantitative estimate of drug-likeness (QED) is 0.0520. The summed E-state index contributed by atoms with van der Waals surface area (Å²) in [6.45, 7) is 8.86. The van der Waals surface area contributed by atoms with E-state index in [0.29, 0.717) is 0 Å². The number of unbranched alkanes of at least 4 members (excludes halogenated alkanes) is 20. The summed E-state index contributed by atoms with van der Waals surface area (Å²) in [5.41, 5.74) is -2.90. The van der Waals surface area contributed by atoms with Gasteiger partial charge in [0, 0.05) is 0 Å².